The summed E-state index contributed by atoms with van der Waals surface area (Å²) in [4.78, 5) is 13.9. The summed E-state index contributed by atoms with van der Waals surface area (Å²) in [5, 5.41) is 13.8. The van der Waals surface area contributed by atoms with Crippen LogP contribution in [0.2, 0.25) is 0 Å². The number of anilines is 1. The molecular weight excluding hydrogens is 308 g/mol. The zero-order valence-electron chi connectivity index (χ0n) is 13.7. The Hall–Kier alpha value is -2.85. The highest BCUT2D eigenvalue weighted by molar-refractivity contribution is 5.90. The highest BCUT2D eigenvalue weighted by atomic mass is 16.5. The lowest BCUT2D eigenvalue weighted by Gasteiger charge is -2.29. The molecule has 0 atom stereocenters. The Morgan fingerprint density at radius 2 is 2.12 bits per heavy atom. The van der Waals surface area contributed by atoms with Gasteiger partial charge in [0.1, 0.15) is 11.6 Å². The van der Waals surface area contributed by atoms with Crippen molar-refractivity contribution in [3.8, 4) is 11.8 Å². The zero-order valence-corrected chi connectivity index (χ0v) is 13.7. The number of esters is 1. The third-order valence-electron chi connectivity index (χ3n) is 4.02. The predicted molar refractivity (Wildman–Crippen MR) is 87.4 cm³/mol. The van der Waals surface area contributed by atoms with Crippen LogP contribution in [0.25, 0.3) is 5.69 Å². The summed E-state index contributed by atoms with van der Waals surface area (Å²) in [6.07, 6.45) is 1.62. The van der Waals surface area contributed by atoms with Gasteiger partial charge in [0.05, 0.1) is 43.0 Å². The molecule has 1 aromatic carbocycles. The summed E-state index contributed by atoms with van der Waals surface area (Å²) in [5.74, 6) is -0.427. The van der Waals surface area contributed by atoms with Gasteiger partial charge >= 0.3 is 5.97 Å². The van der Waals surface area contributed by atoms with Crippen molar-refractivity contribution >= 4 is 11.7 Å². The number of nitriles is 1. The zero-order chi connectivity index (χ0) is 17.1. The molecule has 7 heteroatoms. The second-order valence-electron chi connectivity index (χ2n) is 5.48. The molecule has 124 valence electrons. The molecule has 2 heterocycles. The first-order valence-electron chi connectivity index (χ1n) is 7.66. The van der Waals surface area contributed by atoms with Crippen molar-refractivity contribution in [2.45, 2.75) is 6.92 Å². The number of morpholine rings is 1. The molecule has 24 heavy (non-hydrogen) atoms. The van der Waals surface area contributed by atoms with Crippen LogP contribution in [0.4, 0.5) is 5.69 Å². The molecule has 0 spiro atoms. The average molecular weight is 326 g/mol. The number of benzene rings is 1. The Morgan fingerprint density at radius 1 is 1.38 bits per heavy atom. The molecule has 0 N–H and O–H groups in total. The monoisotopic (exact) mass is 326 g/mol. The van der Waals surface area contributed by atoms with E-state index in [0.717, 1.165) is 24.5 Å². The number of hydrogen-bond donors (Lipinski definition) is 0. The fraction of sp³-hybridized carbons (Fsp3) is 0.353. The van der Waals surface area contributed by atoms with E-state index in [9.17, 15) is 10.1 Å². The Labute approximate surface area is 140 Å². The molecule has 1 aliphatic rings. The smallest absolute Gasteiger partial charge is 0.341 e. The van der Waals surface area contributed by atoms with Gasteiger partial charge in [-0.1, -0.05) is 0 Å². The molecule has 0 unspecified atom stereocenters. The molecule has 0 saturated carbocycles. The third kappa shape index (κ3) is 2.96. The van der Waals surface area contributed by atoms with E-state index in [2.05, 4.69) is 16.1 Å². The summed E-state index contributed by atoms with van der Waals surface area (Å²) in [6, 6.07) is 7.82. The summed E-state index contributed by atoms with van der Waals surface area (Å²) in [7, 11) is 1.34. The lowest BCUT2D eigenvalue weighted by atomic mass is 10.1. The van der Waals surface area contributed by atoms with Gasteiger partial charge in [-0.3, -0.25) is 0 Å². The highest BCUT2D eigenvalue weighted by Gasteiger charge is 2.17. The predicted octanol–water partition coefficient (Wildman–Crippen LogP) is 1.68. The van der Waals surface area contributed by atoms with E-state index in [1.54, 1.807) is 23.9 Å². The molecular formula is C17H18N4O3. The molecule has 1 aliphatic heterocycles. The van der Waals surface area contributed by atoms with Gasteiger partial charge < -0.3 is 14.4 Å². The van der Waals surface area contributed by atoms with E-state index in [1.807, 2.05) is 12.1 Å². The fourth-order valence-electron chi connectivity index (χ4n) is 2.74. The maximum Gasteiger partial charge on any atom is 0.341 e. The van der Waals surface area contributed by atoms with Crippen molar-refractivity contribution < 1.29 is 14.3 Å². The van der Waals surface area contributed by atoms with Crippen molar-refractivity contribution in [3.05, 3.63) is 41.2 Å². The van der Waals surface area contributed by atoms with E-state index < -0.39 is 5.97 Å². The molecule has 7 nitrogen and oxygen atoms in total. The van der Waals surface area contributed by atoms with E-state index in [1.165, 1.54) is 7.11 Å². The lowest BCUT2D eigenvalue weighted by Crippen LogP contribution is -2.36. The number of hydrogen-bond acceptors (Lipinski definition) is 6. The number of nitrogens with zero attached hydrogens (tertiary/aromatic N) is 4. The molecule has 0 aliphatic carbocycles. The van der Waals surface area contributed by atoms with Crippen molar-refractivity contribution in [2.24, 2.45) is 0 Å². The second kappa shape index (κ2) is 6.72. The van der Waals surface area contributed by atoms with E-state index in [0.29, 0.717) is 30.0 Å². The van der Waals surface area contributed by atoms with Gasteiger partial charge in [-0.2, -0.15) is 10.4 Å². The van der Waals surface area contributed by atoms with Gasteiger partial charge in [-0.05, 0) is 25.1 Å². The third-order valence-corrected chi connectivity index (χ3v) is 4.02. The summed E-state index contributed by atoms with van der Waals surface area (Å²) >= 11 is 0. The number of carbonyl (C=O) groups excluding carboxylic acids is 1. The van der Waals surface area contributed by atoms with Gasteiger partial charge in [-0.15, -0.1) is 0 Å². The molecule has 0 radical (unpaired) electrons. The number of aryl methyl sites for hydroxylation is 1. The van der Waals surface area contributed by atoms with E-state index >= 15 is 0 Å². The van der Waals surface area contributed by atoms with Crippen LogP contribution in [0.15, 0.2) is 24.4 Å². The van der Waals surface area contributed by atoms with Gasteiger partial charge in [0.2, 0.25) is 0 Å². The van der Waals surface area contributed by atoms with Crippen molar-refractivity contribution in [2.75, 3.05) is 38.3 Å². The van der Waals surface area contributed by atoms with Gasteiger partial charge in [-0.25, -0.2) is 9.48 Å². The summed E-state index contributed by atoms with van der Waals surface area (Å²) in [5.41, 5.74) is 3.18. The Morgan fingerprint density at radius 3 is 2.79 bits per heavy atom. The van der Waals surface area contributed by atoms with Crippen LogP contribution in [0.1, 0.15) is 21.6 Å². The number of methoxy groups -OCH3 is 1. The first-order valence-corrected chi connectivity index (χ1v) is 7.66. The minimum atomic E-state index is -0.427. The van der Waals surface area contributed by atoms with Crippen LogP contribution in [0, 0.1) is 18.3 Å². The summed E-state index contributed by atoms with van der Waals surface area (Å²) < 4.78 is 11.7. The van der Waals surface area contributed by atoms with Gasteiger partial charge in [0.15, 0.2) is 0 Å². The number of rotatable bonds is 3. The normalized spacial score (nSPS) is 14.3. The van der Waals surface area contributed by atoms with Crippen molar-refractivity contribution in [1.82, 2.24) is 9.78 Å². The Bertz CT molecular complexity index is 801. The highest BCUT2D eigenvalue weighted by Crippen LogP contribution is 2.24. The second-order valence-corrected chi connectivity index (χ2v) is 5.48. The molecule has 0 amide bonds. The Balaban J connectivity index is 1.95. The van der Waals surface area contributed by atoms with E-state index in [-0.39, 0.29) is 0 Å². The molecule has 1 fully saturated rings. The minimum absolute atomic E-state index is 0.410. The Kier molecular flexibility index (Phi) is 4.49. The maximum absolute atomic E-state index is 11.7. The largest absolute Gasteiger partial charge is 0.465 e. The fourth-order valence-corrected chi connectivity index (χ4v) is 2.74. The first-order chi connectivity index (χ1) is 11.6. The SMILES string of the molecule is COC(=O)c1cn(-c2ccc(N3CCOCC3)c(C#N)c2)nc1C. The quantitative estimate of drug-likeness (QED) is 0.798. The summed E-state index contributed by atoms with van der Waals surface area (Å²) in [6.45, 7) is 4.60. The van der Waals surface area contributed by atoms with Gasteiger partial charge in [0.25, 0.3) is 0 Å². The molecule has 2 aromatic rings. The minimum Gasteiger partial charge on any atom is -0.465 e. The standard InChI is InChI=1S/C17H18N4O3/c1-12-15(17(22)23-2)11-21(19-12)14-3-4-16(13(9-14)10-18)20-5-7-24-8-6-20/h3-4,9,11H,5-8H2,1-2H3. The maximum atomic E-state index is 11.7. The molecule has 0 bridgehead atoms. The van der Waals surface area contributed by atoms with Crippen LogP contribution >= 0.6 is 0 Å². The molecule has 1 aromatic heterocycles. The lowest BCUT2D eigenvalue weighted by molar-refractivity contribution is 0.0600. The number of carbonyl (C=O) groups is 1. The molecule has 3 rings (SSSR count). The average Bonchev–Trinajstić information content (AvgIpc) is 3.03. The number of ether oxygens (including phenoxy) is 2. The number of aromatic nitrogens is 2. The van der Waals surface area contributed by atoms with Crippen LogP contribution in [-0.2, 0) is 9.47 Å². The van der Waals surface area contributed by atoms with Crippen LogP contribution in [0.3, 0.4) is 0 Å². The van der Waals surface area contributed by atoms with E-state index in [4.69, 9.17) is 9.47 Å². The van der Waals surface area contributed by atoms with Crippen molar-refractivity contribution in [3.63, 3.8) is 0 Å². The van der Waals surface area contributed by atoms with Crippen LogP contribution < -0.4 is 4.90 Å². The first kappa shape index (κ1) is 16.0. The van der Waals surface area contributed by atoms with Crippen LogP contribution in [-0.4, -0.2) is 49.2 Å². The molecule has 1 saturated heterocycles. The van der Waals surface area contributed by atoms with Crippen molar-refractivity contribution in [1.29, 1.82) is 5.26 Å². The topological polar surface area (TPSA) is 80.4 Å². The van der Waals surface area contributed by atoms with Crippen LogP contribution in [0.5, 0.6) is 0 Å². The van der Waals surface area contributed by atoms with Gasteiger partial charge in [0, 0.05) is 19.3 Å².